The summed E-state index contributed by atoms with van der Waals surface area (Å²) in [6, 6.07) is 7.34. The maximum atomic E-state index is 13.5. The summed E-state index contributed by atoms with van der Waals surface area (Å²) >= 11 is 7.78. The molecule has 0 aliphatic carbocycles. The monoisotopic (exact) mass is 400 g/mol. The van der Waals surface area contributed by atoms with Gasteiger partial charge in [-0.15, -0.1) is 11.8 Å². The Labute approximate surface area is 158 Å². The lowest BCUT2D eigenvalue weighted by molar-refractivity contribution is -0.128. The molecule has 0 spiro atoms. The van der Waals surface area contributed by atoms with Crippen molar-refractivity contribution in [1.82, 2.24) is 4.90 Å². The van der Waals surface area contributed by atoms with Crippen molar-refractivity contribution >= 4 is 35.0 Å². The Balaban J connectivity index is 1.90. The zero-order valence-electron chi connectivity index (χ0n) is 14.1. The molecule has 138 valence electrons. The number of hydrogen-bond donors (Lipinski definition) is 0. The lowest BCUT2D eigenvalue weighted by atomic mass is 10.1. The van der Waals surface area contributed by atoms with Gasteiger partial charge in [0.2, 0.25) is 5.91 Å². The van der Waals surface area contributed by atoms with Crippen LogP contribution in [0.1, 0.15) is 16.5 Å². The van der Waals surface area contributed by atoms with Gasteiger partial charge in [0.15, 0.2) is 17.5 Å². The van der Waals surface area contributed by atoms with E-state index in [0.29, 0.717) is 5.02 Å². The SMILES string of the molecule is CN(C)c1ccc(C2SCC(=O)N2Cc2cc(F)c(F)c(F)c2)c(Cl)c1. The van der Waals surface area contributed by atoms with Gasteiger partial charge in [0.25, 0.3) is 0 Å². The number of amides is 1. The van der Waals surface area contributed by atoms with Gasteiger partial charge in [-0.25, -0.2) is 13.2 Å². The summed E-state index contributed by atoms with van der Waals surface area (Å²) in [4.78, 5) is 15.7. The van der Waals surface area contributed by atoms with Crippen molar-refractivity contribution < 1.29 is 18.0 Å². The minimum atomic E-state index is -1.52. The van der Waals surface area contributed by atoms with Crippen LogP contribution in [0.15, 0.2) is 30.3 Å². The third-order valence-electron chi connectivity index (χ3n) is 4.13. The maximum Gasteiger partial charge on any atom is 0.234 e. The summed E-state index contributed by atoms with van der Waals surface area (Å²) in [5, 5.41) is 0.132. The molecule has 3 nitrogen and oxygen atoms in total. The van der Waals surface area contributed by atoms with Gasteiger partial charge >= 0.3 is 0 Å². The topological polar surface area (TPSA) is 23.6 Å². The molecule has 1 unspecified atom stereocenters. The lowest BCUT2D eigenvalue weighted by Gasteiger charge is -2.26. The molecule has 8 heteroatoms. The fourth-order valence-electron chi connectivity index (χ4n) is 2.77. The highest BCUT2D eigenvalue weighted by Crippen LogP contribution is 2.43. The van der Waals surface area contributed by atoms with Crippen LogP contribution in [0, 0.1) is 17.5 Å². The summed E-state index contributed by atoms with van der Waals surface area (Å²) in [7, 11) is 3.78. The number of nitrogens with zero attached hydrogens (tertiary/aromatic N) is 2. The summed E-state index contributed by atoms with van der Waals surface area (Å²) in [5.41, 5.74) is 1.85. The molecule has 1 amide bonds. The number of carbonyl (C=O) groups excluding carboxylic acids is 1. The second-order valence-corrected chi connectivity index (χ2v) is 7.63. The summed E-state index contributed by atoms with van der Waals surface area (Å²) in [6.45, 7) is -0.0314. The zero-order valence-corrected chi connectivity index (χ0v) is 15.7. The highest BCUT2D eigenvalue weighted by molar-refractivity contribution is 8.00. The van der Waals surface area contributed by atoms with E-state index in [9.17, 15) is 18.0 Å². The second-order valence-electron chi connectivity index (χ2n) is 6.16. The summed E-state index contributed by atoms with van der Waals surface area (Å²) < 4.78 is 40.1. The van der Waals surface area contributed by atoms with Crippen LogP contribution < -0.4 is 4.90 Å². The Hall–Kier alpha value is -1.86. The van der Waals surface area contributed by atoms with Crippen molar-refractivity contribution in [1.29, 1.82) is 0 Å². The van der Waals surface area contributed by atoms with E-state index in [-0.39, 0.29) is 29.1 Å². The van der Waals surface area contributed by atoms with Crippen LogP contribution in [-0.2, 0) is 11.3 Å². The van der Waals surface area contributed by atoms with Crippen LogP contribution in [0.5, 0.6) is 0 Å². The van der Waals surface area contributed by atoms with Crippen LogP contribution in [0.4, 0.5) is 18.9 Å². The van der Waals surface area contributed by atoms with E-state index in [1.807, 2.05) is 31.1 Å². The van der Waals surface area contributed by atoms with E-state index in [2.05, 4.69) is 0 Å². The summed E-state index contributed by atoms with van der Waals surface area (Å²) in [6.07, 6.45) is 0. The second kappa shape index (κ2) is 7.40. The molecule has 1 heterocycles. The van der Waals surface area contributed by atoms with Crippen molar-refractivity contribution in [3.63, 3.8) is 0 Å². The van der Waals surface area contributed by atoms with E-state index < -0.39 is 17.5 Å². The molecule has 2 aromatic rings. The first-order valence-electron chi connectivity index (χ1n) is 7.79. The molecule has 0 aromatic heterocycles. The Kier molecular flexibility index (Phi) is 5.39. The Morgan fingerprint density at radius 2 is 1.85 bits per heavy atom. The smallest absolute Gasteiger partial charge is 0.234 e. The summed E-state index contributed by atoms with van der Waals surface area (Å²) in [5.74, 6) is -4.00. The molecular weight excluding hydrogens is 385 g/mol. The van der Waals surface area contributed by atoms with Gasteiger partial charge in [-0.2, -0.15) is 0 Å². The Morgan fingerprint density at radius 1 is 1.19 bits per heavy atom. The third-order valence-corrected chi connectivity index (χ3v) is 5.70. The molecule has 0 saturated carbocycles. The quantitative estimate of drug-likeness (QED) is 0.701. The van der Waals surface area contributed by atoms with Crippen molar-refractivity contribution in [3.05, 3.63) is 63.9 Å². The van der Waals surface area contributed by atoms with E-state index >= 15 is 0 Å². The molecule has 0 radical (unpaired) electrons. The first-order valence-corrected chi connectivity index (χ1v) is 9.22. The normalized spacial score (nSPS) is 17.1. The third kappa shape index (κ3) is 3.64. The van der Waals surface area contributed by atoms with Crippen LogP contribution in [0.25, 0.3) is 0 Å². The average Bonchev–Trinajstić information content (AvgIpc) is 2.93. The van der Waals surface area contributed by atoms with E-state index in [1.54, 1.807) is 6.07 Å². The highest BCUT2D eigenvalue weighted by Gasteiger charge is 2.34. The number of benzene rings is 2. The molecule has 1 atom stereocenters. The van der Waals surface area contributed by atoms with Crippen molar-refractivity contribution in [2.24, 2.45) is 0 Å². The van der Waals surface area contributed by atoms with Gasteiger partial charge in [0.1, 0.15) is 5.37 Å². The van der Waals surface area contributed by atoms with Gasteiger partial charge < -0.3 is 9.80 Å². The largest absolute Gasteiger partial charge is 0.378 e. The molecular formula is C18H16ClF3N2OS. The van der Waals surface area contributed by atoms with Gasteiger partial charge in [0, 0.05) is 36.9 Å². The Morgan fingerprint density at radius 3 is 2.42 bits per heavy atom. The maximum absolute atomic E-state index is 13.5. The van der Waals surface area contributed by atoms with Crippen molar-refractivity contribution in [2.75, 3.05) is 24.7 Å². The van der Waals surface area contributed by atoms with Gasteiger partial charge in [-0.05, 0) is 29.8 Å². The number of hydrogen-bond acceptors (Lipinski definition) is 3. The fraction of sp³-hybridized carbons (Fsp3) is 0.278. The molecule has 1 saturated heterocycles. The number of halogens is 4. The van der Waals surface area contributed by atoms with E-state index in [1.165, 1.54) is 16.7 Å². The lowest BCUT2D eigenvalue weighted by Crippen LogP contribution is -2.28. The molecule has 0 N–H and O–H groups in total. The fourth-order valence-corrected chi connectivity index (χ4v) is 4.34. The number of carbonyl (C=O) groups is 1. The molecule has 26 heavy (non-hydrogen) atoms. The van der Waals surface area contributed by atoms with E-state index in [4.69, 9.17) is 11.6 Å². The van der Waals surface area contributed by atoms with Crippen molar-refractivity contribution in [3.8, 4) is 0 Å². The highest BCUT2D eigenvalue weighted by atomic mass is 35.5. The minimum Gasteiger partial charge on any atom is -0.378 e. The molecule has 1 fully saturated rings. The first kappa shape index (κ1) is 18.9. The predicted octanol–water partition coefficient (Wildman–Crippen LogP) is 4.60. The van der Waals surface area contributed by atoms with Gasteiger partial charge in [-0.3, -0.25) is 4.79 Å². The molecule has 1 aliphatic rings. The van der Waals surface area contributed by atoms with Crippen LogP contribution in [-0.4, -0.2) is 30.7 Å². The average molecular weight is 401 g/mol. The number of thioether (sulfide) groups is 1. The molecule has 3 rings (SSSR count). The minimum absolute atomic E-state index is 0.0314. The van der Waals surface area contributed by atoms with Gasteiger partial charge in [-0.1, -0.05) is 17.7 Å². The Bertz CT molecular complexity index is 839. The first-order chi connectivity index (χ1) is 12.3. The van der Waals surface area contributed by atoms with Gasteiger partial charge in [0.05, 0.1) is 5.75 Å². The molecule has 0 bridgehead atoms. The predicted molar refractivity (Wildman–Crippen MR) is 97.8 cm³/mol. The standard InChI is InChI=1S/C18H16ClF3N2OS/c1-23(2)11-3-4-12(13(19)7-11)18-24(16(25)9-26-18)8-10-5-14(20)17(22)15(21)6-10/h3-7,18H,8-9H2,1-2H3. The zero-order chi connectivity index (χ0) is 19.0. The van der Waals surface area contributed by atoms with Crippen molar-refractivity contribution in [2.45, 2.75) is 11.9 Å². The van der Waals surface area contributed by atoms with Crippen LogP contribution in [0.3, 0.4) is 0 Å². The van der Waals surface area contributed by atoms with Crippen LogP contribution in [0.2, 0.25) is 5.02 Å². The number of anilines is 1. The number of rotatable bonds is 4. The molecule has 1 aliphatic heterocycles. The van der Waals surface area contributed by atoms with Crippen LogP contribution >= 0.6 is 23.4 Å². The van der Waals surface area contributed by atoms with E-state index in [0.717, 1.165) is 23.4 Å². The molecule has 2 aromatic carbocycles.